The van der Waals surface area contributed by atoms with Gasteiger partial charge in [-0.15, -0.1) is 0 Å². The van der Waals surface area contributed by atoms with E-state index in [1.54, 1.807) is 0 Å². The van der Waals surface area contributed by atoms with Crippen molar-refractivity contribution in [2.45, 2.75) is 32.4 Å². The summed E-state index contributed by atoms with van der Waals surface area (Å²) in [5.41, 5.74) is 1.71. The first kappa shape index (κ1) is 12.9. The molecule has 2 fully saturated rings. The van der Waals surface area contributed by atoms with Gasteiger partial charge in [-0.3, -0.25) is 4.79 Å². The largest absolute Gasteiger partial charge is 0.331 e. The highest BCUT2D eigenvalue weighted by Gasteiger charge is 2.44. The van der Waals surface area contributed by atoms with Gasteiger partial charge in [-0.25, -0.2) is 0 Å². The Bertz CT molecular complexity index is 517. The number of rotatable bonds is 1. The van der Waals surface area contributed by atoms with E-state index in [0.29, 0.717) is 23.0 Å². The molecule has 3 rings (SSSR count). The summed E-state index contributed by atoms with van der Waals surface area (Å²) in [5.74, 6) is 0.760. The topological polar surface area (TPSA) is 32.3 Å². The molecule has 2 heterocycles. The van der Waals surface area contributed by atoms with E-state index < -0.39 is 0 Å². The number of amides is 1. The number of aryl methyl sites for hydroxylation is 1. The molecule has 1 N–H and O–H groups in total. The van der Waals surface area contributed by atoms with Crippen molar-refractivity contribution >= 4 is 17.5 Å². The molecular weight excluding hydrogens is 260 g/mol. The van der Waals surface area contributed by atoms with Crippen molar-refractivity contribution in [3.63, 3.8) is 0 Å². The van der Waals surface area contributed by atoms with E-state index in [2.05, 4.69) is 17.1 Å². The van der Waals surface area contributed by atoms with Gasteiger partial charge >= 0.3 is 0 Å². The Morgan fingerprint density at radius 2 is 2.21 bits per heavy atom. The predicted octanol–water partition coefficient (Wildman–Crippen LogP) is 2.47. The van der Waals surface area contributed by atoms with Gasteiger partial charge in [0.1, 0.15) is 0 Å². The number of hydrogen-bond acceptors (Lipinski definition) is 2. The van der Waals surface area contributed by atoms with Crippen LogP contribution in [-0.4, -0.2) is 36.0 Å². The molecule has 0 radical (unpaired) electrons. The maximum Gasteiger partial charge on any atom is 0.254 e. The van der Waals surface area contributed by atoms with Crippen LogP contribution in [0.1, 0.15) is 29.3 Å². The number of nitrogens with one attached hydrogen (secondary N) is 1. The maximum atomic E-state index is 12.7. The highest BCUT2D eigenvalue weighted by molar-refractivity contribution is 6.31. The fourth-order valence-corrected chi connectivity index (χ4v) is 3.56. The fraction of sp³-hybridized carbons (Fsp3) is 0.533. The first-order chi connectivity index (χ1) is 9.08. The average Bonchev–Trinajstić information content (AvgIpc) is 2.91. The number of likely N-dealkylation sites (tertiary alicyclic amines) is 1. The maximum absolute atomic E-state index is 12.7. The molecule has 0 aliphatic carbocycles. The number of carbonyl (C=O) groups is 1. The van der Waals surface area contributed by atoms with Gasteiger partial charge in [0.15, 0.2) is 0 Å². The van der Waals surface area contributed by atoms with E-state index in [0.717, 1.165) is 30.6 Å². The molecule has 0 saturated carbocycles. The summed E-state index contributed by atoms with van der Waals surface area (Å²) in [4.78, 5) is 14.8. The van der Waals surface area contributed by atoms with Gasteiger partial charge in [-0.2, -0.15) is 0 Å². The molecule has 3 atom stereocenters. The lowest BCUT2D eigenvalue weighted by Gasteiger charge is -2.28. The van der Waals surface area contributed by atoms with Crippen LogP contribution in [0.4, 0.5) is 0 Å². The molecule has 102 valence electrons. The summed E-state index contributed by atoms with van der Waals surface area (Å²) < 4.78 is 0. The number of nitrogens with zero attached hydrogens (tertiary/aromatic N) is 1. The standard InChI is InChI=1S/C15H19ClN2O/c1-9-5-11(3-4-13(9)16)15(19)18-10(2)6-12-7-17-8-14(12)18/h3-5,10,12,14,17H,6-8H2,1-2H3. The second-order valence-electron chi connectivity index (χ2n) is 5.75. The first-order valence-electron chi connectivity index (χ1n) is 6.87. The Hall–Kier alpha value is -1.06. The molecule has 4 heteroatoms. The van der Waals surface area contributed by atoms with Gasteiger partial charge < -0.3 is 10.2 Å². The number of carbonyl (C=O) groups excluding carboxylic acids is 1. The van der Waals surface area contributed by atoms with Crippen LogP contribution < -0.4 is 5.32 Å². The van der Waals surface area contributed by atoms with Gasteiger partial charge in [0, 0.05) is 35.8 Å². The van der Waals surface area contributed by atoms with Crippen LogP contribution in [0.2, 0.25) is 5.02 Å². The van der Waals surface area contributed by atoms with Crippen LogP contribution in [0, 0.1) is 12.8 Å². The van der Waals surface area contributed by atoms with Crippen molar-refractivity contribution < 1.29 is 4.79 Å². The van der Waals surface area contributed by atoms with Crippen LogP contribution in [-0.2, 0) is 0 Å². The number of halogens is 1. The molecule has 2 saturated heterocycles. The molecular formula is C15H19ClN2O. The third kappa shape index (κ3) is 2.15. The van der Waals surface area contributed by atoms with Gasteiger partial charge in [-0.05, 0) is 49.9 Å². The lowest BCUT2D eigenvalue weighted by Crippen LogP contribution is -2.42. The third-order valence-electron chi connectivity index (χ3n) is 4.42. The second kappa shape index (κ2) is 4.80. The molecule has 0 bridgehead atoms. The number of benzene rings is 1. The summed E-state index contributed by atoms with van der Waals surface area (Å²) in [5, 5.41) is 4.10. The van der Waals surface area contributed by atoms with E-state index in [4.69, 9.17) is 11.6 Å². The van der Waals surface area contributed by atoms with Crippen molar-refractivity contribution in [3.05, 3.63) is 34.3 Å². The minimum absolute atomic E-state index is 0.142. The van der Waals surface area contributed by atoms with Crippen molar-refractivity contribution in [3.8, 4) is 0 Å². The Labute approximate surface area is 118 Å². The zero-order valence-corrected chi connectivity index (χ0v) is 12.1. The van der Waals surface area contributed by atoms with E-state index in [9.17, 15) is 4.79 Å². The van der Waals surface area contributed by atoms with Crippen LogP contribution in [0.15, 0.2) is 18.2 Å². The number of hydrogen-bond donors (Lipinski definition) is 1. The van der Waals surface area contributed by atoms with E-state index >= 15 is 0 Å². The molecule has 1 amide bonds. The summed E-state index contributed by atoms with van der Waals surface area (Å²) in [6, 6.07) is 6.24. The molecule has 1 aromatic carbocycles. The molecule has 0 spiro atoms. The van der Waals surface area contributed by atoms with E-state index in [1.807, 2.05) is 25.1 Å². The smallest absolute Gasteiger partial charge is 0.254 e. The Balaban J connectivity index is 1.88. The molecule has 19 heavy (non-hydrogen) atoms. The van der Waals surface area contributed by atoms with Crippen molar-refractivity contribution in [2.24, 2.45) is 5.92 Å². The van der Waals surface area contributed by atoms with E-state index in [-0.39, 0.29) is 5.91 Å². The summed E-state index contributed by atoms with van der Waals surface area (Å²) >= 11 is 6.03. The summed E-state index contributed by atoms with van der Waals surface area (Å²) in [6.45, 7) is 6.05. The fourth-order valence-electron chi connectivity index (χ4n) is 3.44. The summed E-state index contributed by atoms with van der Waals surface area (Å²) in [7, 11) is 0. The second-order valence-corrected chi connectivity index (χ2v) is 6.15. The monoisotopic (exact) mass is 278 g/mol. The highest BCUT2D eigenvalue weighted by Crippen LogP contribution is 2.33. The Kier molecular flexibility index (Phi) is 3.27. The van der Waals surface area contributed by atoms with Gasteiger partial charge in [0.2, 0.25) is 0 Å². The predicted molar refractivity (Wildman–Crippen MR) is 76.6 cm³/mol. The van der Waals surface area contributed by atoms with Gasteiger partial charge in [0.25, 0.3) is 5.91 Å². The SMILES string of the molecule is Cc1cc(C(=O)N2C(C)CC3CNCC32)ccc1Cl. The minimum Gasteiger partial charge on any atom is -0.331 e. The van der Waals surface area contributed by atoms with Crippen molar-refractivity contribution in [1.29, 1.82) is 0 Å². The van der Waals surface area contributed by atoms with Crippen LogP contribution >= 0.6 is 11.6 Å². The zero-order valence-electron chi connectivity index (χ0n) is 11.3. The van der Waals surface area contributed by atoms with Gasteiger partial charge in [0.05, 0.1) is 0 Å². The van der Waals surface area contributed by atoms with Crippen LogP contribution in [0.5, 0.6) is 0 Å². The van der Waals surface area contributed by atoms with Crippen molar-refractivity contribution in [1.82, 2.24) is 10.2 Å². The normalized spacial score (nSPS) is 29.6. The molecule has 2 aliphatic rings. The van der Waals surface area contributed by atoms with Crippen LogP contribution in [0.25, 0.3) is 0 Å². The molecule has 3 nitrogen and oxygen atoms in total. The average molecular weight is 279 g/mol. The lowest BCUT2D eigenvalue weighted by molar-refractivity contribution is 0.0682. The Morgan fingerprint density at radius 1 is 1.42 bits per heavy atom. The quantitative estimate of drug-likeness (QED) is 0.856. The first-order valence-corrected chi connectivity index (χ1v) is 7.25. The molecule has 3 unspecified atom stereocenters. The highest BCUT2D eigenvalue weighted by atomic mass is 35.5. The van der Waals surface area contributed by atoms with E-state index in [1.165, 1.54) is 0 Å². The molecule has 0 aromatic heterocycles. The third-order valence-corrected chi connectivity index (χ3v) is 4.84. The minimum atomic E-state index is 0.142. The van der Waals surface area contributed by atoms with Gasteiger partial charge in [-0.1, -0.05) is 11.6 Å². The molecule has 2 aliphatic heterocycles. The summed E-state index contributed by atoms with van der Waals surface area (Å²) in [6.07, 6.45) is 1.11. The van der Waals surface area contributed by atoms with Crippen molar-refractivity contribution in [2.75, 3.05) is 13.1 Å². The van der Waals surface area contributed by atoms with Crippen LogP contribution in [0.3, 0.4) is 0 Å². The zero-order chi connectivity index (χ0) is 13.6. The number of fused-ring (bicyclic) bond motifs is 1. The Morgan fingerprint density at radius 3 is 2.95 bits per heavy atom. The molecule has 1 aromatic rings. The lowest BCUT2D eigenvalue weighted by atomic mass is 10.0.